The van der Waals surface area contributed by atoms with Crippen molar-refractivity contribution < 1.29 is 14.3 Å². The molecular weight excluding hydrogens is 382 g/mol. The first kappa shape index (κ1) is 19.6. The number of benzene rings is 2. The van der Waals surface area contributed by atoms with E-state index in [1.54, 1.807) is 27.9 Å². The number of nitrogens with zero attached hydrogens (tertiary/aromatic N) is 5. The molecule has 0 saturated carbocycles. The minimum absolute atomic E-state index is 0.00440. The Morgan fingerprint density at radius 3 is 2.70 bits per heavy atom. The van der Waals surface area contributed by atoms with E-state index in [0.717, 1.165) is 11.3 Å². The summed E-state index contributed by atoms with van der Waals surface area (Å²) in [5.41, 5.74) is 2.63. The van der Waals surface area contributed by atoms with Gasteiger partial charge in [0.1, 0.15) is 18.4 Å². The molecule has 0 bridgehead atoms. The molecule has 0 aliphatic carbocycles. The van der Waals surface area contributed by atoms with Crippen molar-refractivity contribution in [3.8, 4) is 11.4 Å². The fraction of sp³-hybridized carbons (Fsp3) is 0.273. The summed E-state index contributed by atoms with van der Waals surface area (Å²) in [5.74, 6) is 0.499. The first-order valence-corrected chi connectivity index (χ1v) is 9.77. The number of fused-ring (bicyclic) bond motifs is 1. The van der Waals surface area contributed by atoms with Gasteiger partial charge in [-0.2, -0.15) is 5.10 Å². The molecule has 154 valence electrons. The van der Waals surface area contributed by atoms with Crippen molar-refractivity contribution in [1.29, 1.82) is 0 Å². The molecule has 3 aromatic rings. The zero-order chi connectivity index (χ0) is 21.1. The van der Waals surface area contributed by atoms with Gasteiger partial charge >= 0.3 is 0 Å². The molecule has 30 heavy (non-hydrogen) atoms. The number of carbonyl (C=O) groups excluding carboxylic acids is 2. The smallest absolute Gasteiger partial charge is 0.265 e. The van der Waals surface area contributed by atoms with Crippen LogP contribution < -0.4 is 9.64 Å². The number of hydrogen-bond acceptors (Lipinski definition) is 5. The maximum Gasteiger partial charge on any atom is 0.265 e. The molecule has 1 aliphatic heterocycles. The number of anilines is 1. The molecule has 0 radical (unpaired) electrons. The number of carbonyl (C=O) groups is 2. The molecular formula is C22H23N5O3. The minimum Gasteiger partial charge on any atom is -0.482 e. The number of para-hydroxylation sites is 2. The van der Waals surface area contributed by atoms with Gasteiger partial charge in [-0.15, -0.1) is 0 Å². The van der Waals surface area contributed by atoms with Crippen LogP contribution in [0.5, 0.6) is 5.75 Å². The van der Waals surface area contributed by atoms with Crippen LogP contribution in [0, 0.1) is 0 Å². The molecule has 2 heterocycles. The largest absolute Gasteiger partial charge is 0.482 e. The van der Waals surface area contributed by atoms with Crippen molar-refractivity contribution in [2.24, 2.45) is 0 Å². The maximum absolute atomic E-state index is 12.8. The SMILES string of the molecule is CC(c1ccc(-n2cncn2)cc1)N(C)C(=O)CCN1C(=O)COc2ccccc21. The molecule has 4 rings (SSSR count). The molecule has 1 atom stereocenters. The third-order valence-electron chi connectivity index (χ3n) is 5.39. The van der Waals surface area contributed by atoms with E-state index in [-0.39, 0.29) is 30.9 Å². The second-order valence-corrected chi connectivity index (χ2v) is 7.16. The van der Waals surface area contributed by atoms with E-state index in [1.165, 1.54) is 6.33 Å². The van der Waals surface area contributed by atoms with Crippen molar-refractivity contribution >= 4 is 17.5 Å². The van der Waals surface area contributed by atoms with Crippen molar-refractivity contribution in [3.05, 3.63) is 66.7 Å². The van der Waals surface area contributed by atoms with E-state index < -0.39 is 0 Å². The Hall–Kier alpha value is -3.68. The lowest BCUT2D eigenvalue weighted by Gasteiger charge is -2.30. The number of aromatic nitrogens is 3. The molecule has 1 unspecified atom stereocenters. The van der Waals surface area contributed by atoms with E-state index in [4.69, 9.17) is 4.74 Å². The molecule has 0 spiro atoms. The summed E-state index contributed by atoms with van der Waals surface area (Å²) < 4.78 is 7.14. The van der Waals surface area contributed by atoms with E-state index in [1.807, 2.05) is 55.5 Å². The Bertz CT molecular complexity index is 1030. The van der Waals surface area contributed by atoms with Crippen LogP contribution in [0.1, 0.15) is 24.9 Å². The van der Waals surface area contributed by atoms with Gasteiger partial charge in [0.05, 0.1) is 17.4 Å². The van der Waals surface area contributed by atoms with Crippen molar-refractivity contribution in [1.82, 2.24) is 19.7 Å². The van der Waals surface area contributed by atoms with E-state index in [9.17, 15) is 9.59 Å². The Kier molecular flexibility index (Phi) is 5.47. The Morgan fingerprint density at radius 1 is 1.20 bits per heavy atom. The van der Waals surface area contributed by atoms with Gasteiger partial charge in [0.2, 0.25) is 5.91 Å². The summed E-state index contributed by atoms with van der Waals surface area (Å²) in [6.45, 7) is 2.30. The van der Waals surface area contributed by atoms with Crippen LogP contribution >= 0.6 is 0 Å². The highest BCUT2D eigenvalue weighted by molar-refractivity contribution is 5.98. The highest BCUT2D eigenvalue weighted by Gasteiger charge is 2.26. The van der Waals surface area contributed by atoms with E-state index >= 15 is 0 Å². The first-order chi connectivity index (χ1) is 14.5. The average molecular weight is 405 g/mol. The number of hydrogen-bond donors (Lipinski definition) is 0. The zero-order valence-electron chi connectivity index (χ0n) is 16.9. The molecule has 8 heteroatoms. The summed E-state index contributed by atoms with van der Waals surface area (Å²) in [7, 11) is 1.79. The fourth-order valence-electron chi connectivity index (χ4n) is 3.47. The maximum atomic E-state index is 12.8. The van der Waals surface area contributed by atoms with Crippen molar-refractivity contribution in [3.63, 3.8) is 0 Å². The van der Waals surface area contributed by atoms with Gasteiger partial charge in [0, 0.05) is 20.0 Å². The molecule has 2 aromatic carbocycles. The summed E-state index contributed by atoms with van der Waals surface area (Å²) in [4.78, 5) is 32.4. The molecule has 0 saturated heterocycles. The lowest BCUT2D eigenvalue weighted by Crippen LogP contribution is -2.41. The average Bonchev–Trinajstić information content (AvgIpc) is 3.32. The number of ether oxygens (including phenoxy) is 1. The summed E-state index contributed by atoms with van der Waals surface area (Å²) in [6.07, 6.45) is 3.36. The highest BCUT2D eigenvalue weighted by atomic mass is 16.5. The summed E-state index contributed by atoms with van der Waals surface area (Å²) in [6, 6.07) is 15.1. The molecule has 2 amide bonds. The predicted octanol–water partition coefficient (Wildman–Crippen LogP) is 2.60. The van der Waals surface area contributed by atoms with Crippen molar-refractivity contribution in [2.75, 3.05) is 25.1 Å². The summed E-state index contributed by atoms with van der Waals surface area (Å²) in [5, 5.41) is 4.12. The van der Waals surface area contributed by atoms with Gasteiger partial charge in [-0.1, -0.05) is 24.3 Å². The fourth-order valence-corrected chi connectivity index (χ4v) is 3.47. The minimum atomic E-state index is -0.138. The van der Waals surface area contributed by atoms with Gasteiger partial charge in [-0.25, -0.2) is 9.67 Å². The van der Waals surface area contributed by atoms with E-state index in [2.05, 4.69) is 10.1 Å². The lowest BCUT2D eigenvalue weighted by atomic mass is 10.1. The monoisotopic (exact) mass is 405 g/mol. The van der Waals surface area contributed by atoms with Crippen LogP contribution in [-0.4, -0.2) is 51.7 Å². The molecule has 0 fully saturated rings. The van der Waals surface area contributed by atoms with Crippen LogP contribution in [0.4, 0.5) is 5.69 Å². The first-order valence-electron chi connectivity index (χ1n) is 9.77. The van der Waals surface area contributed by atoms with Crippen molar-refractivity contribution in [2.45, 2.75) is 19.4 Å². The Morgan fingerprint density at radius 2 is 1.97 bits per heavy atom. The summed E-state index contributed by atoms with van der Waals surface area (Å²) >= 11 is 0. The normalized spacial score (nSPS) is 14.1. The third-order valence-corrected chi connectivity index (χ3v) is 5.39. The van der Waals surface area contributed by atoms with Gasteiger partial charge in [-0.05, 0) is 36.8 Å². The predicted molar refractivity (Wildman–Crippen MR) is 111 cm³/mol. The van der Waals surface area contributed by atoms with Gasteiger partial charge in [0.15, 0.2) is 6.61 Å². The number of amides is 2. The van der Waals surface area contributed by atoms with Crippen LogP contribution in [0.25, 0.3) is 5.69 Å². The molecule has 8 nitrogen and oxygen atoms in total. The van der Waals surface area contributed by atoms with Crippen LogP contribution in [-0.2, 0) is 9.59 Å². The quantitative estimate of drug-likeness (QED) is 0.630. The Balaban J connectivity index is 1.39. The lowest BCUT2D eigenvalue weighted by molar-refractivity contribution is -0.131. The molecule has 0 N–H and O–H groups in total. The standard InChI is InChI=1S/C22H23N5O3/c1-16(17-7-9-18(10-8-17)27-15-23-14-24-27)25(2)21(28)11-12-26-19-5-3-4-6-20(19)30-13-22(26)29/h3-10,14-16H,11-13H2,1-2H3. The second kappa shape index (κ2) is 8.36. The van der Waals surface area contributed by atoms with Crippen LogP contribution in [0.15, 0.2) is 61.2 Å². The molecule has 1 aromatic heterocycles. The zero-order valence-corrected chi connectivity index (χ0v) is 16.9. The molecule has 1 aliphatic rings. The van der Waals surface area contributed by atoms with Crippen LogP contribution in [0.2, 0.25) is 0 Å². The highest BCUT2D eigenvalue weighted by Crippen LogP contribution is 2.31. The number of rotatable bonds is 6. The second-order valence-electron chi connectivity index (χ2n) is 7.16. The van der Waals surface area contributed by atoms with Gasteiger partial charge < -0.3 is 14.5 Å². The van der Waals surface area contributed by atoms with E-state index in [0.29, 0.717) is 18.0 Å². The van der Waals surface area contributed by atoms with Gasteiger partial charge in [-0.3, -0.25) is 9.59 Å². The van der Waals surface area contributed by atoms with Crippen LogP contribution in [0.3, 0.4) is 0 Å². The third kappa shape index (κ3) is 3.89. The Labute approximate surface area is 174 Å². The topological polar surface area (TPSA) is 80.6 Å². The van der Waals surface area contributed by atoms with Gasteiger partial charge in [0.25, 0.3) is 5.91 Å².